The maximum absolute atomic E-state index is 10.7. The van der Waals surface area contributed by atoms with Crippen LogP contribution < -0.4 is 0 Å². The van der Waals surface area contributed by atoms with Gasteiger partial charge in [0.05, 0.1) is 6.42 Å². The fourth-order valence-electron chi connectivity index (χ4n) is 2.22. The van der Waals surface area contributed by atoms with E-state index in [2.05, 4.69) is 26.0 Å². The molecule has 22 heavy (non-hydrogen) atoms. The first kappa shape index (κ1) is 20.8. The number of hydrogen-bond acceptors (Lipinski definition) is 2. The van der Waals surface area contributed by atoms with E-state index in [0.29, 0.717) is 6.54 Å². The van der Waals surface area contributed by atoms with Crippen molar-refractivity contribution in [1.82, 2.24) is 4.90 Å². The van der Waals surface area contributed by atoms with Crippen LogP contribution in [0.1, 0.15) is 84.5 Å². The van der Waals surface area contributed by atoms with E-state index in [9.17, 15) is 4.79 Å². The van der Waals surface area contributed by atoms with Crippen molar-refractivity contribution in [1.29, 1.82) is 0 Å². The third kappa shape index (κ3) is 15.1. The number of allylic oxidation sites excluding steroid dienone is 2. The van der Waals surface area contributed by atoms with E-state index in [1.54, 1.807) is 0 Å². The number of hydrogen-bond donors (Lipinski definition) is 1. The van der Waals surface area contributed by atoms with Gasteiger partial charge in [0.1, 0.15) is 0 Å². The molecule has 0 amide bonds. The monoisotopic (exact) mass is 309 g/mol. The Hall–Kier alpha value is -1.25. The van der Waals surface area contributed by atoms with Crippen molar-refractivity contribution >= 4 is 5.97 Å². The molecule has 128 valence electrons. The minimum Gasteiger partial charge on any atom is -0.481 e. The Kier molecular flexibility index (Phi) is 15.2. The van der Waals surface area contributed by atoms with E-state index in [0.717, 1.165) is 12.8 Å². The number of nitrogens with zero attached hydrogens (tertiary/aromatic N) is 1. The molecule has 0 saturated heterocycles. The molecule has 0 heterocycles. The molecule has 0 unspecified atom stereocenters. The fraction of sp³-hybridized carbons (Fsp3) is 0.737. The summed E-state index contributed by atoms with van der Waals surface area (Å²) in [5.74, 6) is -0.738. The van der Waals surface area contributed by atoms with Crippen LogP contribution in [0, 0.1) is 0 Å². The molecule has 0 aromatic rings. The first-order valence-electron chi connectivity index (χ1n) is 9.01. The second kappa shape index (κ2) is 16.1. The van der Waals surface area contributed by atoms with Crippen LogP contribution in [-0.4, -0.2) is 22.5 Å². The molecule has 0 bridgehead atoms. The zero-order chi connectivity index (χ0) is 16.5. The van der Waals surface area contributed by atoms with Gasteiger partial charge in [-0.15, -0.1) is 0 Å². The number of unbranched alkanes of at least 4 members (excludes halogenated alkanes) is 8. The van der Waals surface area contributed by atoms with Crippen LogP contribution in [0.15, 0.2) is 24.6 Å². The van der Waals surface area contributed by atoms with Crippen molar-refractivity contribution in [3.8, 4) is 0 Å². The maximum Gasteiger partial charge on any atom is 0.305 e. The van der Waals surface area contributed by atoms with E-state index in [-0.39, 0.29) is 6.42 Å². The summed E-state index contributed by atoms with van der Waals surface area (Å²) in [5, 5.41) is 8.82. The lowest BCUT2D eigenvalue weighted by Crippen LogP contribution is -2.14. The Morgan fingerprint density at radius 3 is 1.77 bits per heavy atom. The molecule has 0 radical (unpaired) electrons. The molecule has 0 aliphatic rings. The molecule has 0 spiro atoms. The zero-order valence-electron chi connectivity index (χ0n) is 14.6. The maximum atomic E-state index is 10.7. The SMILES string of the molecule is CCCCCC/C=C/N(/C=C/CCCCCC)CCC(=O)O. The summed E-state index contributed by atoms with van der Waals surface area (Å²) < 4.78 is 0. The minimum absolute atomic E-state index is 0.181. The summed E-state index contributed by atoms with van der Waals surface area (Å²) in [6.45, 7) is 4.98. The lowest BCUT2D eigenvalue weighted by Gasteiger charge is -2.14. The molecule has 0 aliphatic carbocycles. The molecular formula is C19H35NO2. The number of carbonyl (C=O) groups is 1. The standard InChI is InChI=1S/C19H35NO2/c1-3-5-7-9-11-13-16-20(18-15-19(21)22)17-14-12-10-8-6-4-2/h13-14,16-17H,3-12,15,18H2,1-2H3,(H,21,22)/b16-13+,17-14+. The highest BCUT2D eigenvalue weighted by Gasteiger charge is 2.00. The number of rotatable bonds is 15. The molecule has 0 aliphatic heterocycles. The third-order valence-corrected chi connectivity index (χ3v) is 3.63. The molecule has 0 saturated carbocycles. The molecule has 3 nitrogen and oxygen atoms in total. The summed E-state index contributed by atoms with van der Waals surface area (Å²) in [6.07, 6.45) is 20.9. The van der Waals surface area contributed by atoms with Crippen molar-refractivity contribution in [3.63, 3.8) is 0 Å². The van der Waals surface area contributed by atoms with E-state index < -0.39 is 5.97 Å². The van der Waals surface area contributed by atoms with E-state index in [1.807, 2.05) is 17.3 Å². The van der Waals surface area contributed by atoms with Crippen molar-refractivity contribution < 1.29 is 9.90 Å². The quantitative estimate of drug-likeness (QED) is 0.393. The van der Waals surface area contributed by atoms with Crippen LogP contribution in [0.3, 0.4) is 0 Å². The highest BCUT2D eigenvalue weighted by molar-refractivity contribution is 5.66. The molecule has 0 aromatic heterocycles. The van der Waals surface area contributed by atoms with Crippen LogP contribution in [0.5, 0.6) is 0 Å². The summed E-state index contributed by atoms with van der Waals surface area (Å²) in [7, 11) is 0. The van der Waals surface area contributed by atoms with Crippen LogP contribution in [0.25, 0.3) is 0 Å². The van der Waals surface area contributed by atoms with Crippen LogP contribution >= 0.6 is 0 Å². The summed E-state index contributed by atoms with van der Waals surface area (Å²) in [6, 6.07) is 0. The van der Waals surface area contributed by atoms with Gasteiger partial charge in [-0.3, -0.25) is 4.79 Å². The van der Waals surface area contributed by atoms with E-state index >= 15 is 0 Å². The van der Waals surface area contributed by atoms with Gasteiger partial charge < -0.3 is 10.0 Å². The number of aliphatic carboxylic acids is 1. The number of carboxylic acid groups (broad SMARTS) is 1. The van der Waals surface area contributed by atoms with Gasteiger partial charge in [-0.2, -0.15) is 0 Å². The highest BCUT2D eigenvalue weighted by atomic mass is 16.4. The Bertz CT molecular complexity index is 289. The zero-order valence-corrected chi connectivity index (χ0v) is 14.6. The van der Waals surface area contributed by atoms with E-state index in [4.69, 9.17) is 5.11 Å². The van der Waals surface area contributed by atoms with Gasteiger partial charge in [0.2, 0.25) is 0 Å². The molecule has 0 aromatic carbocycles. The van der Waals surface area contributed by atoms with Crippen LogP contribution in [0.2, 0.25) is 0 Å². The predicted octanol–water partition coefficient (Wildman–Crippen LogP) is 5.73. The Morgan fingerprint density at radius 2 is 1.36 bits per heavy atom. The van der Waals surface area contributed by atoms with Crippen molar-refractivity contribution in [3.05, 3.63) is 24.6 Å². The van der Waals surface area contributed by atoms with E-state index in [1.165, 1.54) is 51.4 Å². The average molecular weight is 309 g/mol. The van der Waals surface area contributed by atoms with Gasteiger partial charge in [0.25, 0.3) is 0 Å². The number of carboxylic acids is 1. The molecular weight excluding hydrogens is 274 g/mol. The summed E-state index contributed by atoms with van der Waals surface area (Å²) >= 11 is 0. The molecule has 0 fully saturated rings. The molecule has 1 N–H and O–H groups in total. The van der Waals surface area contributed by atoms with Crippen molar-refractivity contribution in [2.75, 3.05) is 6.54 Å². The van der Waals surface area contributed by atoms with Gasteiger partial charge in [-0.25, -0.2) is 0 Å². The second-order valence-corrected chi connectivity index (χ2v) is 5.85. The van der Waals surface area contributed by atoms with Gasteiger partial charge in [-0.05, 0) is 38.1 Å². The summed E-state index contributed by atoms with van der Waals surface area (Å²) in [4.78, 5) is 12.7. The fourth-order valence-corrected chi connectivity index (χ4v) is 2.22. The molecule has 0 rings (SSSR count). The minimum atomic E-state index is -0.738. The second-order valence-electron chi connectivity index (χ2n) is 5.85. The highest BCUT2D eigenvalue weighted by Crippen LogP contribution is 2.06. The molecule has 0 atom stereocenters. The Morgan fingerprint density at radius 1 is 0.864 bits per heavy atom. The predicted molar refractivity (Wildman–Crippen MR) is 94.8 cm³/mol. The normalized spacial score (nSPS) is 11.5. The van der Waals surface area contributed by atoms with Gasteiger partial charge in [0.15, 0.2) is 0 Å². The first-order valence-corrected chi connectivity index (χ1v) is 9.01. The average Bonchev–Trinajstić information content (AvgIpc) is 2.50. The lowest BCUT2D eigenvalue weighted by molar-refractivity contribution is -0.137. The van der Waals surface area contributed by atoms with Crippen molar-refractivity contribution in [2.24, 2.45) is 0 Å². The lowest BCUT2D eigenvalue weighted by atomic mass is 10.1. The smallest absolute Gasteiger partial charge is 0.305 e. The molecule has 3 heteroatoms. The van der Waals surface area contributed by atoms with Crippen LogP contribution in [-0.2, 0) is 4.79 Å². The Balaban J connectivity index is 4.04. The largest absolute Gasteiger partial charge is 0.481 e. The Labute approximate surface area is 137 Å². The third-order valence-electron chi connectivity index (χ3n) is 3.63. The topological polar surface area (TPSA) is 40.5 Å². The summed E-state index contributed by atoms with van der Waals surface area (Å²) in [5.41, 5.74) is 0. The van der Waals surface area contributed by atoms with Gasteiger partial charge >= 0.3 is 5.97 Å². The van der Waals surface area contributed by atoms with Gasteiger partial charge in [-0.1, -0.05) is 64.5 Å². The van der Waals surface area contributed by atoms with Crippen molar-refractivity contribution in [2.45, 2.75) is 84.5 Å². The van der Waals surface area contributed by atoms with Crippen LogP contribution in [0.4, 0.5) is 0 Å². The van der Waals surface area contributed by atoms with Gasteiger partial charge in [0, 0.05) is 6.54 Å². The first-order chi connectivity index (χ1) is 10.7.